The van der Waals surface area contributed by atoms with E-state index < -0.39 is 5.60 Å². The van der Waals surface area contributed by atoms with Crippen molar-refractivity contribution in [2.45, 2.75) is 59.6 Å². The van der Waals surface area contributed by atoms with Gasteiger partial charge in [0, 0.05) is 6.54 Å². The van der Waals surface area contributed by atoms with Crippen LogP contribution in [0.2, 0.25) is 0 Å². The van der Waals surface area contributed by atoms with Crippen molar-refractivity contribution in [3.63, 3.8) is 0 Å². The van der Waals surface area contributed by atoms with Crippen molar-refractivity contribution in [2.75, 3.05) is 0 Å². The summed E-state index contributed by atoms with van der Waals surface area (Å²) in [5, 5.41) is 15.4. The third-order valence-electron chi connectivity index (χ3n) is 3.03. The lowest BCUT2D eigenvalue weighted by Gasteiger charge is -2.32. The van der Waals surface area contributed by atoms with E-state index in [-0.39, 0.29) is 0 Å². The van der Waals surface area contributed by atoms with Gasteiger partial charge < -0.3 is 5.11 Å². The van der Waals surface area contributed by atoms with Gasteiger partial charge in [0.15, 0.2) is 0 Å². The highest BCUT2D eigenvalue weighted by atomic mass is 79.9. The van der Waals surface area contributed by atoms with Gasteiger partial charge in [-0.05, 0) is 47.5 Å². The Kier molecular flexibility index (Phi) is 5.41. The highest BCUT2D eigenvalue weighted by molar-refractivity contribution is 9.10. The smallest absolute Gasteiger partial charge is 0.108 e. The van der Waals surface area contributed by atoms with Crippen molar-refractivity contribution < 1.29 is 5.11 Å². The summed E-state index contributed by atoms with van der Waals surface area (Å²) in [7, 11) is 0. The van der Waals surface area contributed by atoms with E-state index in [1.165, 1.54) is 0 Å². The Balaban J connectivity index is 3.19. The molecule has 0 unspecified atom stereocenters. The lowest BCUT2D eigenvalue weighted by Crippen LogP contribution is -2.33. The van der Waals surface area contributed by atoms with Crippen LogP contribution in [0.1, 0.15) is 53.2 Å². The van der Waals surface area contributed by atoms with Gasteiger partial charge in [0.05, 0.1) is 16.4 Å². The standard InChI is InChI=1S/C14H25BrN2O/c1-6-17-13(12(15)9-16-17)14(18,7-10(2)3)8-11(4)5/h9-11,18H,6-8H2,1-5H3. The number of hydrogen-bond donors (Lipinski definition) is 1. The van der Waals surface area contributed by atoms with E-state index in [1.807, 2.05) is 11.6 Å². The lowest BCUT2D eigenvalue weighted by molar-refractivity contribution is -0.0130. The van der Waals surface area contributed by atoms with E-state index in [0.29, 0.717) is 11.8 Å². The van der Waals surface area contributed by atoms with Crippen molar-refractivity contribution in [1.82, 2.24) is 9.78 Å². The van der Waals surface area contributed by atoms with Crippen molar-refractivity contribution >= 4 is 15.9 Å². The van der Waals surface area contributed by atoms with E-state index in [4.69, 9.17) is 0 Å². The number of nitrogens with zero attached hydrogens (tertiary/aromatic N) is 2. The van der Waals surface area contributed by atoms with Crippen LogP contribution in [0.15, 0.2) is 10.7 Å². The van der Waals surface area contributed by atoms with E-state index in [2.05, 4.69) is 48.7 Å². The minimum Gasteiger partial charge on any atom is -0.384 e. The zero-order chi connectivity index (χ0) is 13.9. The van der Waals surface area contributed by atoms with Crippen LogP contribution in [-0.4, -0.2) is 14.9 Å². The zero-order valence-corrected chi connectivity index (χ0v) is 13.7. The first-order chi connectivity index (χ1) is 8.30. The highest BCUT2D eigenvalue weighted by Crippen LogP contribution is 2.38. The van der Waals surface area contributed by atoms with E-state index >= 15 is 0 Å². The summed E-state index contributed by atoms with van der Waals surface area (Å²) in [4.78, 5) is 0. The first kappa shape index (κ1) is 15.7. The van der Waals surface area contributed by atoms with Crippen molar-refractivity contribution in [1.29, 1.82) is 0 Å². The highest BCUT2D eigenvalue weighted by Gasteiger charge is 2.36. The van der Waals surface area contributed by atoms with Crippen LogP contribution in [0.5, 0.6) is 0 Å². The van der Waals surface area contributed by atoms with Crippen molar-refractivity contribution in [3.05, 3.63) is 16.4 Å². The molecule has 4 heteroatoms. The molecule has 0 aliphatic heterocycles. The van der Waals surface area contributed by atoms with E-state index in [0.717, 1.165) is 29.6 Å². The van der Waals surface area contributed by atoms with E-state index in [1.54, 1.807) is 6.20 Å². The molecule has 18 heavy (non-hydrogen) atoms. The second kappa shape index (κ2) is 6.20. The summed E-state index contributed by atoms with van der Waals surface area (Å²) in [6.45, 7) is 11.4. The molecule has 1 aromatic rings. The lowest BCUT2D eigenvalue weighted by atomic mass is 9.82. The molecule has 0 saturated carbocycles. The minimum atomic E-state index is -0.798. The maximum absolute atomic E-state index is 11.1. The predicted octanol–water partition coefficient (Wildman–Crippen LogP) is 3.95. The third-order valence-corrected chi connectivity index (χ3v) is 3.61. The van der Waals surface area contributed by atoms with Crippen LogP contribution in [-0.2, 0) is 12.1 Å². The zero-order valence-electron chi connectivity index (χ0n) is 12.1. The molecule has 0 spiro atoms. The first-order valence-corrected chi connectivity index (χ1v) is 7.53. The Labute approximate surface area is 119 Å². The van der Waals surface area contributed by atoms with Gasteiger partial charge in [-0.3, -0.25) is 4.68 Å². The van der Waals surface area contributed by atoms with Crippen LogP contribution in [0.4, 0.5) is 0 Å². The summed E-state index contributed by atoms with van der Waals surface area (Å²) in [5.41, 5.74) is 0.126. The number of aliphatic hydroxyl groups is 1. The van der Waals surface area contributed by atoms with Crippen LogP contribution in [0, 0.1) is 11.8 Å². The summed E-state index contributed by atoms with van der Waals surface area (Å²) >= 11 is 3.53. The molecule has 0 atom stereocenters. The van der Waals surface area contributed by atoms with Gasteiger partial charge in [-0.1, -0.05) is 27.7 Å². The summed E-state index contributed by atoms with van der Waals surface area (Å²) in [6, 6.07) is 0. The molecule has 0 aliphatic carbocycles. The molecule has 1 rings (SSSR count). The molecule has 0 radical (unpaired) electrons. The normalized spacial score (nSPS) is 12.7. The average molecular weight is 317 g/mol. The molecule has 0 bridgehead atoms. The van der Waals surface area contributed by atoms with Crippen LogP contribution < -0.4 is 0 Å². The molecule has 0 amide bonds. The van der Waals surface area contributed by atoms with Gasteiger partial charge in [0.1, 0.15) is 5.60 Å². The first-order valence-electron chi connectivity index (χ1n) is 6.74. The molecule has 0 saturated heterocycles. The summed E-state index contributed by atoms with van der Waals surface area (Å²) < 4.78 is 2.81. The predicted molar refractivity (Wildman–Crippen MR) is 78.4 cm³/mol. The Morgan fingerprint density at radius 1 is 1.28 bits per heavy atom. The number of rotatable bonds is 6. The van der Waals surface area contributed by atoms with Crippen molar-refractivity contribution in [2.24, 2.45) is 11.8 Å². The maximum atomic E-state index is 11.1. The fraction of sp³-hybridized carbons (Fsp3) is 0.786. The Bertz CT molecular complexity index is 375. The fourth-order valence-electron chi connectivity index (χ4n) is 2.69. The molecule has 104 valence electrons. The third kappa shape index (κ3) is 3.58. The second-order valence-corrected chi connectivity index (χ2v) is 6.74. The average Bonchev–Trinajstić information content (AvgIpc) is 2.57. The second-order valence-electron chi connectivity index (χ2n) is 5.88. The van der Waals surface area contributed by atoms with Gasteiger partial charge in [-0.15, -0.1) is 0 Å². The van der Waals surface area contributed by atoms with Crippen LogP contribution in [0.25, 0.3) is 0 Å². The number of hydrogen-bond acceptors (Lipinski definition) is 2. The molecular weight excluding hydrogens is 292 g/mol. The molecule has 1 N–H and O–H groups in total. The monoisotopic (exact) mass is 316 g/mol. The largest absolute Gasteiger partial charge is 0.384 e. The van der Waals surface area contributed by atoms with Gasteiger partial charge in [-0.2, -0.15) is 5.10 Å². The molecule has 3 nitrogen and oxygen atoms in total. The topological polar surface area (TPSA) is 38.0 Å². The Hall–Kier alpha value is -0.350. The van der Waals surface area contributed by atoms with Gasteiger partial charge in [0.25, 0.3) is 0 Å². The summed E-state index contributed by atoms with van der Waals surface area (Å²) in [6.07, 6.45) is 3.30. The molecule has 0 aliphatic rings. The number of aryl methyl sites for hydroxylation is 1. The van der Waals surface area contributed by atoms with Gasteiger partial charge in [0.2, 0.25) is 0 Å². The molecule has 1 aromatic heterocycles. The molecular formula is C14H25BrN2O. The Morgan fingerprint density at radius 2 is 1.78 bits per heavy atom. The maximum Gasteiger partial charge on any atom is 0.108 e. The van der Waals surface area contributed by atoms with Gasteiger partial charge >= 0.3 is 0 Å². The van der Waals surface area contributed by atoms with Crippen LogP contribution >= 0.6 is 15.9 Å². The molecule has 0 fully saturated rings. The number of aromatic nitrogens is 2. The number of halogens is 1. The molecule has 0 aromatic carbocycles. The van der Waals surface area contributed by atoms with Crippen LogP contribution in [0.3, 0.4) is 0 Å². The molecule has 1 heterocycles. The summed E-state index contributed by atoms with van der Waals surface area (Å²) in [5.74, 6) is 0.890. The quantitative estimate of drug-likeness (QED) is 0.863. The minimum absolute atomic E-state index is 0.445. The van der Waals surface area contributed by atoms with Gasteiger partial charge in [-0.25, -0.2) is 0 Å². The Morgan fingerprint density at radius 3 is 2.17 bits per heavy atom. The fourth-order valence-corrected chi connectivity index (χ4v) is 3.36. The SMILES string of the molecule is CCn1ncc(Br)c1C(O)(CC(C)C)CC(C)C. The van der Waals surface area contributed by atoms with E-state index in [9.17, 15) is 5.11 Å². The van der Waals surface area contributed by atoms with Crippen molar-refractivity contribution in [3.8, 4) is 0 Å².